The minimum absolute atomic E-state index is 0.172. The molecule has 0 bridgehead atoms. The van der Waals surface area contributed by atoms with Crippen molar-refractivity contribution in [3.05, 3.63) is 12.7 Å². The number of thiol groups is 1. The number of hydrogen-bond donors (Lipinski definition) is 5. The van der Waals surface area contributed by atoms with Crippen LogP contribution < -0.4 is 10.6 Å². The number of carbonyl (C=O) groups excluding carboxylic acids is 1. The minimum atomic E-state index is -1.12. The molecule has 4 N–H and O–H groups in total. The number of nitrogens with one attached hydrogen (secondary N) is 3. The van der Waals surface area contributed by atoms with E-state index in [1.165, 1.54) is 12.7 Å². The molecule has 0 fully saturated rings. The number of rotatable bonds is 6. The van der Waals surface area contributed by atoms with Gasteiger partial charge in [-0.1, -0.05) is 0 Å². The molecule has 2 heterocycles. The van der Waals surface area contributed by atoms with Crippen LogP contribution in [0, 0.1) is 0 Å². The molecule has 0 saturated carbocycles. The summed E-state index contributed by atoms with van der Waals surface area (Å²) in [6.07, 6.45) is 2.78. The third kappa shape index (κ3) is 3.15. The zero-order valence-corrected chi connectivity index (χ0v) is 11.1. The van der Waals surface area contributed by atoms with E-state index in [-0.39, 0.29) is 5.75 Å². The van der Waals surface area contributed by atoms with Crippen molar-refractivity contribution in [1.29, 1.82) is 0 Å². The Morgan fingerprint density at radius 1 is 1.40 bits per heavy atom. The zero-order valence-electron chi connectivity index (χ0n) is 10.2. The molecule has 1 atom stereocenters. The molecule has 9 nitrogen and oxygen atoms in total. The van der Waals surface area contributed by atoms with Gasteiger partial charge in [0.05, 0.1) is 6.33 Å². The lowest BCUT2D eigenvalue weighted by Gasteiger charge is -2.16. The quantitative estimate of drug-likeness (QED) is 0.443. The fourth-order valence-electron chi connectivity index (χ4n) is 1.52. The Hall–Kier alpha value is -2.36. The van der Waals surface area contributed by atoms with Crippen molar-refractivity contribution in [3.8, 4) is 0 Å². The van der Waals surface area contributed by atoms with Gasteiger partial charge in [0.25, 0.3) is 0 Å². The SMILES string of the molecule is O=C(O)CNC(=O)C(CS)Nc1ncnc2nc[nH]c12. The third-order valence-corrected chi connectivity index (χ3v) is 2.81. The van der Waals surface area contributed by atoms with Crippen LogP contribution in [0.25, 0.3) is 11.2 Å². The lowest BCUT2D eigenvalue weighted by atomic mass is 10.3. The van der Waals surface area contributed by atoms with Crippen LogP contribution in [0.4, 0.5) is 5.82 Å². The summed E-state index contributed by atoms with van der Waals surface area (Å²) in [7, 11) is 0. The summed E-state index contributed by atoms with van der Waals surface area (Å²) < 4.78 is 0. The molecule has 0 aliphatic rings. The van der Waals surface area contributed by atoms with Gasteiger partial charge in [-0.2, -0.15) is 12.6 Å². The molecular weight excluding hydrogens is 284 g/mol. The highest BCUT2D eigenvalue weighted by Crippen LogP contribution is 2.15. The molecule has 0 radical (unpaired) electrons. The number of carboxylic acid groups (broad SMARTS) is 1. The molecule has 1 unspecified atom stereocenters. The fraction of sp³-hybridized carbons (Fsp3) is 0.300. The number of hydrogen-bond acceptors (Lipinski definition) is 7. The molecule has 10 heteroatoms. The first-order chi connectivity index (χ1) is 9.61. The fourth-order valence-corrected chi connectivity index (χ4v) is 1.78. The second-order valence-electron chi connectivity index (χ2n) is 3.81. The van der Waals surface area contributed by atoms with Gasteiger partial charge in [-0.25, -0.2) is 15.0 Å². The average Bonchev–Trinajstić information content (AvgIpc) is 2.91. The molecule has 0 aliphatic heterocycles. The van der Waals surface area contributed by atoms with Crippen molar-refractivity contribution < 1.29 is 14.7 Å². The molecule has 0 spiro atoms. The van der Waals surface area contributed by atoms with Crippen molar-refractivity contribution in [1.82, 2.24) is 25.3 Å². The maximum atomic E-state index is 11.8. The van der Waals surface area contributed by atoms with Crippen molar-refractivity contribution >= 4 is 41.5 Å². The van der Waals surface area contributed by atoms with Gasteiger partial charge >= 0.3 is 5.97 Å². The van der Waals surface area contributed by atoms with Crippen LogP contribution in [0.2, 0.25) is 0 Å². The van der Waals surface area contributed by atoms with Crippen LogP contribution in [-0.4, -0.2) is 55.3 Å². The van der Waals surface area contributed by atoms with Gasteiger partial charge in [0.1, 0.15) is 24.4 Å². The van der Waals surface area contributed by atoms with E-state index in [1.807, 2.05) is 0 Å². The molecule has 1 amide bonds. The van der Waals surface area contributed by atoms with Crippen LogP contribution in [0.15, 0.2) is 12.7 Å². The summed E-state index contributed by atoms with van der Waals surface area (Å²) in [6.45, 7) is -0.450. The van der Waals surface area contributed by atoms with Crippen molar-refractivity contribution in [2.45, 2.75) is 6.04 Å². The monoisotopic (exact) mass is 296 g/mol. The Morgan fingerprint density at radius 3 is 2.90 bits per heavy atom. The maximum Gasteiger partial charge on any atom is 0.322 e. The van der Waals surface area contributed by atoms with Crippen LogP contribution in [0.3, 0.4) is 0 Å². The summed E-state index contributed by atoms with van der Waals surface area (Å²) in [4.78, 5) is 37.0. The van der Waals surface area contributed by atoms with Crippen molar-refractivity contribution in [3.63, 3.8) is 0 Å². The molecule has 2 aromatic heterocycles. The third-order valence-electron chi connectivity index (χ3n) is 2.45. The number of carboxylic acids is 1. The Bertz CT molecular complexity index is 630. The van der Waals surface area contributed by atoms with E-state index in [4.69, 9.17) is 5.11 Å². The largest absolute Gasteiger partial charge is 0.480 e. The van der Waals surface area contributed by atoms with E-state index in [9.17, 15) is 9.59 Å². The van der Waals surface area contributed by atoms with Crippen LogP contribution in [-0.2, 0) is 9.59 Å². The van der Waals surface area contributed by atoms with Gasteiger partial charge in [0.15, 0.2) is 11.5 Å². The zero-order chi connectivity index (χ0) is 14.5. The normalized spacial score (nSPS) is 12.1. The van der Waals surface area contributed by atoms with Crippen LogP contribution >= 0.6 is 12.6 Å². The van der Waals surface area contributed by atoms with Crippen LogP contribution in [0.1, 0.15) is 0 Å². The van der Waals surface area contributed by atoms with Gasteiger partial charge in [0, 0.05) is 5.75 Å². The Morgan fingerprint density at radius 2 is 2.20 bits per heavy atom. The molecule has 0 aliphatic carbocycles. The summed E-state index contributed by atoms with van der Waals surface area (Å²) in [5.74, 6) is -1.02. The predicted molar refractivity (Wildman–Crippen MR) is 73.6 cm³/mol. The van der Waals surface area contributed by atoms with E-state index in [2.05, 4.69) is 43.2 Å². The predicted octanol–water partition coefficient (Wildman–Crippen LogP) is -0.736. The first-order valence-electron chi connectivity index (χ1n) is 5.62. The lowest BCUT2D eigenvalue weighted by molar-refractivity contribution is -0.137. The molecule has 0 aromatic carbocycles. The number of anilines is 1. The number of imidazole rings is 1. The van der Waals surface area contributed by atoms with Gasteiger partial charge in [-0.15, -0.1) is 0 Å². The highest BCUT2D eigenvalue weighted by molar-refractivity contribution is 7.80. The van der Waals surface area contributed by atoms with E-state index in [1.54, 1.807) is 0 Å². The topological polar surface area (TPSA) is 133 Å². The van der Waals surface area contributed by atoms with Gasteiger partial charge in [0.2, 0.25) is 5.91 Å². The first kappa shape index (κ1) is 14.1. The van der Waals surface area contributed by atoms with Gasteiger partial charge < -0.3 is 20.7 Å². The van der Waals surface area contributed by atoms with Crippen molar-refractivity contribution in [2.75, 3.05) is 17.6 Å². The molecule has 2 aromatic rings. The number of H-pyrrole nitrogens is 1. The van der Waals surface area contributed by atoms with Gasteiger partial charge in [-0.3, -0.25) is 9.59 Å². The van der Waals surface area contributed by atoms with E-state index in [0.29, 0.717) is 17.0 Å². The summed E-state index contributed by atoms with van der Waals surface area (Å²) in [6, 6.07) is -0.723. The van der Waals surface area contributed by atoms with E-state index >= 15 is 0 Å². The lowest BCUT2D eigenvalue weighted by Crippen LogP contribution is -2.43. The summed E-state index contributed by atoms with van der Waals surface area (Å²) in [5.41, 5.74) is 1.02. The molecule has 106 valence electrons. The number of nitrogens with zero attached hydrogens (tertiary/aromatic N) is 3. The summed E-state index contributed by atoms with van der Waals surface area (Å²) in [5, 5.41) is 13.7. The first-order valence-corrected chi connectivity index (χ1v) is 6.26. The summed E-state index contributed by atoms with van der Waals surface area (Å²) >= 11 is 4.07. The maximum absolute atomic E-state index is 11.8. The smallest absolute Gasteiger partial charge is 0.322 e. The highest BCUT2D eigenvalue weighted by atomic mass is 32.1. The standard InChI is InChI=1S/C10H12N6O3S/c17-6(18)1-11-10(19)5(2-20)16-9-7-8(13-3-12-7)14-4-15-9/h3-5,20H,1-2H2,(H,11,19)(H,17,18)(H2,12,13,14,15,16). The average molecular weight is 296 g/mol. The molecular formula is C10H12N6O3S. The van der Waals surface area contributed by atoms with E-state index in [0.717, 1.165) is 0 Å². The number of fused-ring (bicyclic) bond motifs is 1. The van der Waals surface area contributed by atoms with Gasteiger partial charge in [-0.05, 0) is 0 Å². The minimum Gasteiger partial charge on any atom is -0.480 e. The number of aromatic amines is 1. The van der Waals surface area contributed by atoms with Crippen molar-refractivity contribution in [2.24, 2.45) is 0 Å². The molecule has 20 heavy (non-hydrogen) atoms. The Kier molecular flexibility index (Phi) is 4.35. The Balaban J connectivity index is 2.11. The van der Waals surface area contributed by atoms with E-state index < -0.39 is 24.5 Å². The molecule has 0 saturated heterocycles. The molecule has 2 rings (SSSR count). The Labute approximate surface area is 118 Å². The number of aromatic nitrogens is 4. The second-order valence-corrected chi connectivity index (χ2v) is 4.18. The number of amides is 1. The van der Waals surface area contributed by atoms with Crippen LogP contribution in [0.5, 0.6) is 0 Å². The number of aliphatic carboxylic acids is 1. The second kappa shape index (κ2) is 6.19. The highest BCUT2D eigenvalue weighted by Gasteiger charge is 2.19. The number of carbonyl (C=O) groups is 2.